The summed E-state index contributed by atoms with van der Waals surface area (Å²) in [6.07, 6.45) is 3.34. The van der Waals surface area contributed by atoms with Gasteiger partial charge in [-0.1, -0.05) is 6.07 Å². The second-order valence-electron chi connectivity index (χ2n) is 6.26. The number of likely N-dealkylation sites (tertiary alicyclic amines) is 1. The zero-order valence-electron chi connectivity index (χ0n) is 14.9. The molecular weight excluding hydrogens is 427 g/mol. The quantitative estimate of drug-likeness (QED) is 0.728. The molecule has 150 valence electrons. The van der Waals surface area contributed by atoms with E-state index in [0.29, 0.717) is 15.7 Å². The van der Waals surface area contributed by atoms with Crippen molar-refractivity contribution in [3.63, 3.8) is 0 Å². The Bertz CT molecular complexity index is 737. The molecule has 2 amide bonds. The Morgan fingerprint density at radius 1 is 1.37 bits per heavy atom. The number of hydrogen-bond donors (Lipinski definition) is 2. The number of thiazole rings is 1. The third kappa shape index (κ3) is 6.15. The van der Waals surface area contributed by atoms with Crippen LogP contribution in [0.5, 0.6) is 0 Å². The summed E-state index contributed by atoms with van der Waals surface area (Å²) in [5, 5.41) is 6.98. The third-order valence-electron chi connectivity index (χ3n) is 4.33. The standard InChI is InChI=1S/C17H22N4O2S2.2ClH/c1-11(18)13-5-2-3-7-21(13)15(22)9-12-10-25-17(19-12)20-16(23)14-6-4-8-24-14;;/h4,6,8,10-11,13H,2-3,5,7,9,18H2,1H3,(H,19,20,23);2*1H. The van der Waals surface area contributed by atoms with E-state index in [1.165, 1.54) is 22.7 Å². The van der Waals surface area contributed by atoms with Crippen LogP contribution < -0.4 is 11.1 Å². The van der Waals surface area contributed by atoms with Crippen LogP contribution in [0, 0.1) is 0 Å². The van der Waals surface area contributed by atoms with E-state index in [4.69, 9.17) is 5.73 Å². The van der Waals surface area contributed by atoms with E-state index < -0.39 is 0 Å². The molecule has 3 rings (SSSR count). The van der Waals surface area contributed by atoms with Gasteiger partial charge < -0.3 is 10.6 Å². The van der Waals surface area contributed by atoms with Gasteiger partial charge in [0.2, 0.25) is 5.91 Å². The first kappa shape index (κ1) is 23.8. The molecule has 3 N–H and O–H groups in total. The van der Waals surface area contributed by atoms with Crippen LogP contribution in [0.2, 0.25) is 0 Å². The average molecular weight is 451 g/mol. The van der Waals surface area contributed by atoms with Crippen molar-refractivity contribution in [2.45, 2.75) is 44.7 Å². The molecule has 0 saturated carbocycles. The summed E-state index contributed by atoms with van der Waals surface area (Å²) >= 11 is 2.72. The number of amides is 2. The molecule has 10 heteroatoms. The Kier molecular flexibility index (Phi) is 9.69. The lowest BCUT2D eigenvalue weighted by atomic mass is 9.96. The third-order valence-corrected chi connectivity index (χ3v) is 6.00. The number of rotatable bonds is 5. The summed E-state index contributed by atoms with van der Waals surface area (Å²) in [5.41, 5.74) is 6.73. The number of carbonyl (C=O) groups excluding carboxylic acids is 2. The van der Waals surface area contributed by atoms with Gasteiger partial charge in [0, 0.05) is 24.0 Å². The second-order valence-corrected chi connectivity index (χ2v) is 8.07. The molecule has 0 aliphatic carbocycles. The fourth-order valence-electron chi connectivity index (χ4n) is 3.08. The number of anilines is 1. The molecule has 2 atom stereocenters. The molecule has 1 aliphatic heterocycles. The Labute approximate surface area is 179 Å². The first-order chi connectivity index (χ1) is 12.0. The number of piperidine rings is 1. The summed E-state index contributed by atoms with van der Waals surface area (Å²) in [5.74, 6) is -0.112. The van der Waals surface area contributed by atoms with E-state index in [-0.39, 0.29) is 55.1 Å². The van der Waals surface area contributed by atoms with Crippen molar-refractivity contribution in [2.75, 3.05) is 11.9 Å². The van der Waals surface area contributed by atoms with Crippen molar-refractivity contribution in [2.24, 2.45) is 5.73 Å². The van der Waals surface area contributed by atoms with Crippen molar-refractivity contribution in [1.82, 2.24) is 9.88 Å². The number of thiophene rings is 1. The molecule has 3 heterocycles. The van der Waals surface area contributed by atoms with Crippen molar-refractivity contribution in [3.8, 4) is 0 Å². The maximum atomic E-state index is 12.6. The molecule has 1 fully saturated rings. The summed E-state index contributed by atoms with van der Waals surface area (Å²) in [6, 6.07) is 3.68. The largest absolute Gasteiger partial charge is 0.338 e. The summed E-state index contributed by atoms with van der Waals surface area (Å²) in [7, 11) is 0. The molecule has 0 radical (unpaired) electrons. The maximum Gasteiger partial charge on any atom is 0.267 e. The van der Waals surface area contributed by atoms with Gasteiger partial charge in [0.15, 0.2) is 5.13 Å². The topological polar surface area (TPSA) is 88.3 Å². The lowest BCUT2D eigenvalue weighted by Gasteiger charge is -2.38. The first-order valence-electron chi connectivity index (χ1n) is 8.39. The minimum Gasteiger partial charge on any atom is -0.338 e. The maximum absolute atomic E-state index is 12.6. The molecule has 0 bridgehead atoms. The highest BCUT2D eigenvalue weighted by atomic mass is 35.5. The average Bonchev–Trinajstić information content (AvgIpc) is 3.27. The molecule has 6 nitrogen and oxygen atoms in total. The molecule has 2 unspecified atom stereocenters. The molecule has 1 saturated heterocycles. The number of nitrogens with one attached hydrogen (secondary N) is 1. The smallest absolute Gasteiger partial charge is 0.267 e. The molecule has 2 aromatic rings. The van der Waals surface area contributed by atoms with Crippen molar-refractivity contribution < 1.29 is 9.59 Å². The number of carbonyl (C=O) groups is 2. The van der Waals surface area contributed by atoms with Crippen molar-refractivity contribution in [3.05, 3.63) is 33.5 Å². The molecule has 2 aromatic heterocycles. The summed E-state index contributed by atoms with van der Waals surface area (Å²) in [6.45, 7) is 2.72. The van der Waals surface area contributed by atoms with E-state index in [1.54, 1.807) is 6.07 Å². The lowest BCUT2D eigenvalue weighted by Crippen LogP contribution is -2.52. The zero-order chi connectivity index (χ0) is 17.8. The van der Waals surface area contributed by atoms with Gasteiger partial charge in [-0.25, -0.2) is 4.98 Å². The predicted molar refractivity (Wildman–Crippen MR) is 116 cm³/mol. The number of nitrogens with two attached hydrogens (primary N) is 1. The lowest BCUT2D eigenvalue weighted by molar-refractivity contribution is -0.134. The van der Waals surface area contributed by atoms with E-state index in [9.17, 15) is 9.59 Å². The summed E-state index contributed by atoms with van der Waals surface area (Å²) in [4.78, 5) is 31.6. The summed E-state index contributed by atoms with van der Waals surface area (Å²) < 4.78 is 0. The van der Waals surface area contributed by atoms with Crippen LogP contribution in [0.15, 0.2) is 22.9 Å². The van der Waals surface area contributed by atoms with E-state index in [0.717, 1.165) is 25.8 Å². The Morgan fingerprint density at radius 2 is 2.15 bits per heavy atom. The van der Waals surface area contributed by atoms with E-state index in [2.05, 4.69) is 10.3 Å². The van der Waals surface area contributed by atoms with Crippen LogP contribution in [0.25, 0.3) is 0 Å². The van der Waals surface area contributed by atoms with Crippen LogP contribution in [-0.2, 0) is 11.2 Å². The fraction of sp³-hybridized carbons (Fsp3) is 0.471. The first-order valence-corrected chi connectivity index (χ1v) is 10.1. The normalized spacial score (nSPS) is 17.4. The monoisotopic (exact) mass is 450 g/mol. The molecule has 1 aliphatic rings. The van der Waals surface area contributed by atoms with Crippen molar-refractivity contribution >= 4 is 64.4 Å². The number of nitrogens with zero attached hydrogens (tertiary/aromatic N) is 2. The Hall–Kier alpha value is -1.19. The molecule has 0 spiro atoms. The van der Waals surface area contributed by atoms with Gasteiger partial charge in [-0.3, -0.25) is 14.9 Å². The van der Waals surface area contributed by atoms with E-state index in [1.807, 2.05) is 28.7 Å². The second kappa shape index (κ2) is 11.0. The highest BCUT2D eigenvalue weighted by molar-refractivity contribution is 7.14. The minimum atomic E-state index is -0.171. The Balaban J connectivity index is 0.00000182. The van der Waals surface area contributed by atoms with Crippen LogP contribution in [0.3, 0.4) is 0 Å². The number of aromatic nitrogens is 1. The van der Waals surface area contributed by atoms with E-state index >= 15 is 0 Å². The van der Waals surface area contributed by atoms with Gasteiger partial charge >= 0.3 is 0 Å². The number of hydrogen-bond acceptors (Lipinski definition) is 6. The molecule has 0 aromatic carbocycles. The predicted octanol–water partition coefficient (Wildman–Crippen LogP) is 3.57. The van der Waals surface area contributed by atoms with Gasteiger partial charge in [-0.05, 0) is 37.6 Å². The highest BCUT2D eigenvalue weighted by Gasteiger charge is 2.29. The zero-order valence-corrected chi connectivity index (χ0v) is 18.2. The van der Waals surface area contributed by atoms with Gasteiger partial charge in [-0.15, -0.1) is 47.5 Å². The van der Waals surface area contributed by atoms with Crippen LogP contribution in [-0.4, -0.2) is 40.3 Å². The number of halogens is 2. The van der Waals surface area contributed by atoms with Crippen LogP contribution in [0.4, 0.5) is 5.13 Å². The Morgan fingerprint density at radius 3 is 2.81 bits per heavy atom. The van der Waals surface area contributed by atoms with Crippen LogP contribution in [0.1, 0.15) is 41.6 Å². The SMILES string of the molecule is CC(N)C1CCCCN1C(=O)Cc1csc(NC(=O)c2cccs2)n1.Cl.Cl. The highest BCUT2D eigenvalue weighted by Crippen LogP contribution is 2.22. The van der Waals surface area contributed by atoms with Gasteiger partial charge in [0.05, 0.1) is 17.0 Å². The van der Waals surface area contributed by atoms with Gasteiger partial charge in [-0.2, -0.15) is 0 Å². The fourth-order valence-corrected chi connectivity index (χ4v) is 4.41. The molecule has 27 heavy (non-hydrogen) atoms. The van der Waals surface area contributed by atoms with Gasteiger partial charge in [0.25, 0.3) is 5.91 Å². The van der Waals surface area contributed by atoms with Gasteiger partial charge in [0.1, 0.15) is 0 Å². The molecular formula is C17H24Cl2N4O2S2. The minimum absolute atomic E-state index is 0. The van der Waals surface area contributed by atoms with Crippen LogP contribution >= 0.6 is 47.5 Å². The van der Waals surface area contributed by atoms with Crippen molar-refractivity contribution in [1.29, 1.82) is 0 Å².